The normalized spacial score (nSPS) is 11.0. The van der Waals surface area contributed by atoms with Crippen LogP contribution in [0.4, 0.5) is 11.4 Å². The van der Waals surface area contributed by atoms with Crippen molar-refractivity contribution in [3.05, 3.63) is 84.1 Å². The van der Waals surface area contributed by atoms with Gasteiger partial charge in [-0.05, 0) is 48.9 Å². The maximum absolute atomic E-state index is 12.9. The zero-order valence-electron chi connectivity index (χ0n) is 18.7. The van der Waals surface area contributed by atoms with Gasteiger partial charge in [-0.25, -0.2) is 4.98 Å². The number of rotatable bonds is 8. The van der Waals surface area contributed by atoms with Crippen LogP contribution >= 0.6 is 0 Å². The molecule has 2 amide bonds. The first-order valence-electron chi connectivity index (χ1n) is 10.4. The van der Waals surface area contributed by atoms with E-state index >= 15 is 0 Å². The number of para-hydroxylation sites is 1. The number of benzene rings is 2. The number of amides is 2. The van der Waals surface area contributed by atoms with Gasteiger partial charge < -0.3 is 9.80 Å². The number of nitrogens with one attached hydrogen (secondary N) is 1. The zero-order chi connectivity index (χ0) is 24.0. The molecule has 0 aliphatic heterocycles. The van der Waals surface area contributed by atoms with Gasteiger partial charge in [-0.15, -0.1) is 0 Å². The van der Waals surface area contributed by atoms with Gasteiger partial charge in [0.15, 0.2) is 5.03 Å². The fourth-order valence-electron chi connectivity index (χ4n) is 3.28. The van der Waals surface area contributed by atoms with E-state index < -0.39 is 15.9 Å². The van der Waals surface area contributed by atoms with Crippen LogP contribution in [0.25, 0.3) is 0 Å². The number of hydrogen-bond donors (Lipinski definition) is 1. The Balaban J connectivity index is 1.75. The summed E-state index contributed by atoms with van der Waals surface area (Å²) in [5.74, 6) is -0.520. The lowest BCUT2D eigenvalue weighted by Crippen LogP contribution is -2.31. The lowest BCUT2D eigenvalue weighted by Gasteiger charge is -2.21. The first-order chi connectivity index (χ1) is 15.7. The van der Waals surface area contributed by atoms with Gasteiger partial charge in [-0.1, -0.05) is 30.3 Å². The minimum atomic E-state index is -4.10. The van der Waals surface area contributed by atoms with E-state index in [1.807, 2.05) is 37.3 Å². The Morgan fingerprint density at radius 1 is 0.939 bits per heavy atom. The number of aromatic nitrogens is 1. The summed E-state index contributed by atoms with van der Waals surface area (Å²) in [6.07, 6.45) is 1.50. The first-order valence-corrected chi connectivity index (χ1v) is 11.8. The molecule has 9 heteroatoms. The van der Waals surface area contributed by atoms with Crippen LogP contribution in [-0.4, -0.2) is 50.8 Å². The van der Waals surface area contributed by atoms with Crippen LogP contribution in [0.3, 0.4) is 0 Å². The van der Waals surface area contributed by atoms with Gasteiger partial charge in [0.1, 0.15) is 0 Å². The van der Waals surface area contributed by atoms with Gasteiger partial charge in [0.05, 0.1) is 12.0 Å². The number of sulfonamides is 1. The van der Waals surface area contributed by atoms with E-state index in [2.05, 4.69) is 9.71 Å². The van der Waals surface area contributed by atoms with E-state index in [0.29, 0.717) is 12.2 Å². The van der Waals surface area contributed by atoms with Crippen LogP contribution < -0.4 is 9.62 Å². The standard InChI is InChI=1S/C24H26N4O4S/c1-4-28(20-9-6-5-7-10-20)22(29)17-18-12-14-19(15-13-18)26-33(31,32)23-21(11-8-16-25-23)24(30)27(2)3/h5-16,26H,4,17H2,1-3H3. The van der Waals surface area contributed by atoms with Crippen molar-refractivity contribution in [1.29, 1.82) is 0 Å². The third-order valence-electron chi connectivity index (χ3n) is 4.91. The minimum Gasteiger partial charge on any atom is -0.345 e. The third-order valence-corrected chi connectivity index (χ3v) is 6.25. The Bertz CT molecular complexity index is 1230. The minimum absolute atomic E-state index is 0.0159. The lowest BCUT2D eigenvalue weighted by molar-refractivity contribution is -0.117. The summed E-state index contributed by atoms with van der Waals surface area (Å²) < 4.78 is 28.2. The fourth-order valence-corrected chi connectivity index (χ4v) is 4.47. The highest BCUT2D eigenvalue weighted by molar-refractivity contribution is 7.92. The monoisotopic (exact) mass is 466 g/mol. The molecule has 172 valence electrons. The Labute approximate surface area is 193 Å². The van der Waals surface area contributed by atoms with Crippen molar-refractivity contribution in [3.63, 3.8) is 0 Å². The average molecular weight is 467 g/mol. The second-order valence-corrected chi connectivity index (χ2v) is 9.11. The van der Waals surface area contributed by atoms with Gasteiger partial charge in [-0.2, -0.15) is 8.42 Å². The Kier molecular flexibility index (Phi) is 7.44. The maximum atomic E-state index is 12.9. The van der Waals surface area contributed by atoms with Crippen molar-refractivity contribution in [3.8, 4) is 0 Å². The predicted octanol–water partition coefficient (Wildman–Crippen LogP) is 3.18. The van der Waals surface area contributed by atoms with E-state index in [9.17, 15) is 18.0 Å². The molecule has 33 heavy (non-hydrogen) atoms. The molecule has 0 fully saturated rings. The topological polar surface area (TPSA) is 99.7 Å². The van der Waals surface area contributed by atoms with E-state index in [1.54, 1.807) is 29.2 Å². The molecule has 0 atom stereocenters. The van der Waals surface area contributed by atoms with Gasteiger partial charge in [0.25, 0.3) is 15.9 Å². The summed E-state index contributed by atoms with van der Waals surface area (Å²) in [7, 11) is -1.02. The Morgan fingerprint density at radius 3 is 2.21 bits per heavy atom. The van der Waals surface area contributed by atoms with E-state index in [4.69, 9.17) is 0 Å². The largest absolute Gasteiger partial charge is 0.345 e. The molecule has 0 saturated heterocycles. The summed E-state index contributed by atoms with van der Waals surface area (Å²) in [6, 6.07) is 18.9. The van der Waals surface area contributed by atoms with Crippen molar-refractivity contribution in [2.75, 3.05) is 30.3 Å². The molecule has 3 rings (SSSR count). The molecular formula is C24H26N4O4S. The molecule has 0 saturated carbocycles. The van der Waals surface area contributed by atoms with Crippen LogP contribution in [0.1, 0.15) is 22.8 Å². The lowest BCUT2D eigenvalue weighted by atomic mass is 10.1. The van der Waals surface area contributed by atoms with Crippen LogP contribution in [0.15, 0.2) is 78.0 Å². The summed E-state index contributed by atoms with van der Waals surface area (Å²) in [6.45, 7) is 2.45. The predicted molar refractivity (Wildman–Crippen MR) is 128 cm³/mol. The summed E-state index contributed by atoms with van der Waals surface area (Å²) in [5, 5.41) is -0.343. The molecule has 0 unspecified atom stereocenters. The van der Waals surface area contributed by atoms with Crippen molar-refractivity contribution >= 4 is 33.2 Å². The molecule has 1 N–H and O–H groups in total. The van der Waals surface area contributed by atoms with Gasteiger partial charge >= 0.3 is 0 Å². The van der Waals surface area contributed by atoms with Crippen LogP contribution in [-0.2, 0) is 21.2 Å². The highest BCUT2D eigenvalue weighted by Crippen LogP contribution is 2.20. The molecule has 0 aliphatic carbocycles. The maximum Gasteiger partial charge on any atom is 0.280 e. The van der Waals surface area contributed by atoms with E-state index in [0.717, 1.165) is 11.3 Å². The fraction of sp³-hybridized carbons (Fsp3) is 0.208. The van der Waals surface area contributed by atoms with Crippen molar-refractivity contribution in [2.24, 2.45) is 0 Å². The molecule has 8 nitrogen and oxygen atoms in total. The number of hydrogen-bond acceptors (Lipinski definition) is 5. The third kappa shape index (κ3) is 5.75. The van der Waals surface area contributed by atoms with Crippen LogP contribution in [0, 0.1) is 0 Å². The number of pyridine rings is 1. The molecule has 1 heterocycles. The quantitative estimate of drug-likeness (QED) is 0.550. The smallest absolute Gasteiger partial charge is 0.280 e. The molecule has 0 aliphatic rings. The Hall–Kier alpha value is -3.72. The molecule has 0 spiro atoms. The van der Waals surface area contributed by atoms with Crippen molar-refractivity contribution < 1.29 is 18.0 Å². The summed E-state index contributed by atoms with van der Waals surface area (Å²) >= 11 is 0. The number of likely N-dealkylation sites (N-methyl/N-ethyl adjacent to an activating group) is 1. The van der Waals surface area contributed by atoms with Gasteiger partial charge in [0.2, 0.25) is 5.91 Å². The number of carbonyl (C=O) groups is 2. The zero-order valence-corrected chi connectivity index (χ0v) is 19.5. The second kappa shape index (κ2) is 10.3. The molecule has 0 bridgehead atoms. The molecule has 2 aromatic carbocycles. The van der Waals surface area contributed by atoms with Crippen molar-refractivity contribution in [1.82, 2.24) is 9.88 Å². The summed E-state index contributed by atoms with van der Waals surface area (Å²) in [5.41, 5.74) is 1.86. The molecule has 1 aromatic heterocycles. The van der Waals surface area contributed by atoms with E-state index in [-0.39, 0.29) is 22.9 Å². The van der Waals surface area contributed by atoms with Crippen molar-refractivity contribution in [2.45, 2.75) is 18.4 Å². The average Bonchev–Trinajstić information content (AvgIpc) is 2.81. The van der Waals surface area contributed by atoms with Crippen LogP contribution in [0.2, 0.25) is 0 Å². The van der Waals surface area contributed by atoms with E-state index in [1.165, 1.54) is 37.3 Å². The number of nitrogens with zero attached hydrogens (tertiary/aromatic N) is 3. The number of anilines is 2. The van der Waals surface area contributed by atoms with Gasteiger partial charge in [-0.3, -0.25) is 14.3 Å². The highest BCUT2D eigenvalue weighted by atomic mass is 32.2. The van der Waals surface area contributed by atoms with Gasteiger partial charge in [0, 0.05) is 38.2 Å². The molecular weight excluding hydrogens is 440 g/mol. The number of carbonyl (C=O) groups excluding carboxylic acids is 2. The Morgan fingerprint density at radius 2 is 1.61 bits per heavy atom. The second-order valence-electron chi connectivity index (χ2n) is 7.51. The highest BCUT2D eigenvalue weighted by Gasteiger charge is 2.25. The SMILES string of the molecule is CCN(C(=O)Cc1ccc(NS(=O)(=O)c2ncccc2C(=O)N(C)C)cc1)c1ccccc1. The molecule has 3 aromatic rings. The first kappa shape index (κ1) is 23.9. The summed E-state index contributed by atoms with van der Waals surface area (Å²) in [4.78, 5) is 32.0. The van der Waals surface area contributed by atoms with Crippen LogP contribution in [0.5, 0.6) is 0 Å². The molecule has 0 radical (unpaired) electrons.